The van der Waals surface area contributed by atoms with Gasteiger partial charge in [-0.1, -0.05) is 25.8 Å². The maximum atomic E-state index is 6.26. The Hall–Kier alpha value is -0.380. The molecule has 2 aliphatic rings. The van der Waals surface area contributed by atoms with E-state index in [-0.39, 0.29) is 0 Å². The summed E-state index contributed by atoms with van der Waals surface area (Å²) in [6, 6.07) is 7.09. The summed E-state index contributed by atoms with van der Waals surface area (Å²) in [5, 5.41) is 2.23. The number of piperidine rings is 2. The first-order valence-corrected chi connectivity index (χ1v) is 8.74. The van der Waals surface area contributed by atoms with Crippen molar-refractivity contribution in [3.63, 3.8) is 0 Å². The number of hydrogen-bond donors (Lipinski definition) is 1. The monoisotopic (exact) mass is 278 g/mol. The van der Waals surface area contributed by atoms with Crippen molar-refractivity contribution in [2.45, 2.75) is 76.0 Å². The summed E-state index contributed by atoms with van der Waals surface area (Å²) in [7, 11) is 0. The maximum Gasteiger partial charge on any atom is 0.0447 e. The maximum absolute atomic E-state index is 6.26. The van der Waals surface area contributed by atoms with Crippen LogP contribution in [-0.4, -0.2) is 23.0 Å². The molecule has 0 aromatic carbocycles. The van der Waals surface area contributed by atoms with Crippen LogP contribution in [0.25, 0.3) is 0 Å². The second kappa shape index (κ2) is 5.94. The van der Waals surface area contributed by atoms with Crippen molar-refractivity contribution in [2.75, 3.05) is 0 Å². The van der Waals surface area contributed by atoms with Crippen LogP contribution < -0.4 is 5.73 Å². The topological polar surface area (TPSA) is 29.3 Å². The minimum atomic E-state index is 0.442. The molecule has 106 valence electrons. The van der Waals surface area contributed by atoms with Gasteiger partial charge in [-0.2, -0.15) is 0 Å². The first kappa shape index (κ1) is 13.6. The summed E-state index contributed by atoms with van der Waals surface area (Å²) < 4.78 is 0. The molecule has 2 bridgehead atoms. The van der Waals surface area contributed by atoms with Crippen molar-refractivity contribution in [2.24, 2.45) is 5.73 Å². The summed E-state index contributed by atoms with van der Waals surface area (Å²) in [6.07, 6.45) is 9.10. The molecular weight excluding hydrogens is 252 g/mol. The minimum absolute atomic E-state index is 0.442. The summed E-state index contributed by atoms with van der Waals surface area (Å²) in [6.45, 7) is 2.31. The Morgan fingerprint density at radius 2 is 2.11 bits per heavy atom. The van der Waals surface area contributed by atoms with Crippen LogP contribution in [0.3, 0.4) is 0 Å². The lowest BCUT2D eigenvalue weighted by Crippen LogP contribution is -2.56. The van der Waals surface area contributed by atoms with E-state index in [1.165, 1.54) is 44.9 Å². The van der Waals surface area contributed by atoms with Gasteiger partial charge < -0.3 is 5.73 Å². The van der Waals surface area contributed by atoms with Crippen LogP contribution in [0.15, 0.2) is 17.5 Å². The fourth-order valence-electron chi connectivity index (χ4n) is 4.16. The van der Waals surface area contributed by atoms with Crippen LogP contribution in [0, 0.1) is 0 Å². The van der Waals surface area contributed by atoms with E-state index in [1.54, 1.807) is 4.88 Å². The van der Waals surface area contributed by atoms with Crippen molar-refractivity contribution >= 4 is 11.3 Å². The lowest BCUT2D eigenvalue weighted by Gasteiger charge is -2.51. The fourth-order valence-corrected chi connectivity index (χ4v) is 5.03. The molecule has 19 heavy (non-hydrogen) atoms. The zero-order chi connectivity index (χ0) is 13.2. The van der Waals surface area contributed by atoms with Crippen LogP contribution in [0.1, 0.15) is 62.8 Å². The second-order valence-corrected chi connectivity index (χ2v) is 7.22. The van der Waals surface area contributed by atoms with Crippen LogP contribution in [0.5, 0.6) is 0 Å². The molecule has 3 heterocycles. The van der Waals surface area contributed by atoms with Gasteiger partial charge in [0.15, 0.2) is 0 Å². The first-order chi connectivity index (χ1) is 9.29. The molecule has 2 aliphatic heterocycles. The highest BCUT2D eigenvalue weighted by Gasteiger charge is 2.40. The van der Waals surface area contributed by atoms with Crippen molar-refractivity contribution in [1.82, 2.24) is 4.90 Å². The van der Waals surface area contributed by atoms with Crippen LogP contribution in [0.4, 0.5) is 0 Å². The molecular formula is C16H26N2S. The van der Waals surface area contributed by atoms with Crippen molar-refractivity contribution in [1.29, 1.82) is 0 Å². The van der Waals surface area contributed by atoms with E-state index < -0.39 is 0 Å². The first-order valence-electron chi connectivity index (χ1n) is 7.86. The predicted octanol–water partition coefficient (Wildman–Crippen LogP) is 3.93. The van der Waals surface area contributed by atoms with Gasteiger partial charge in [0.25, 0.3) is 0 Å². The Balaban J connectivity index is 1.85. The third-order valence-corrected chi connectivity index (χ3v) is 5.83. The fraction of sp³-hybridized carbons (Fsp3) is 0.750. The molecule has 0 amide bonds. The number of fused-ring (bicyclic) bond motifs is 2. The van der Waals surface area contributed by atoms with Gasteiger partial charge >= 0.3 is 0 Å². The summed E-state index contributed by atoms with van der Waals surface area (Å²) in [5.74, 6) is 0. The zero-order valence-electron chi connectivity index (χ0n) is 11.9. The zero-order valence-corrected chi connectivity index (χ0v) is 12.7. The molecule has 3 heteroatoms. The Labute approximate surface area is 121 Å². The standard InChI is InChI=1S/C16H26N2S/c1-2-5-15(16-8-4-9-19-16)18-13-6-3-7-14(18)11-12(17)10-13/h4,8-9,12-15H,2-3,5-7,10-11,17H2,1H3. The highest BCUT2D eigenvalue weighted by Crippen LogP contribution is 2.42. The second-order valence-electron chi connectivity index (χ2n) is 6.24. The lowest BCUT2D eigenvalue weighted by atomic mass is 9.80. The van der Waals surface area contributed by atoms with Crippen molar-refractivity contribution in [3.05, 3.63) is 22.4 Å². The van der Waals surface area contributed by atoms with E-state index >= 15 is 0 Å². The molecule has 3 rings (SSSR count). The van der Waals surface area contributed by atoms with E-state index in [4.69, 9.17) is 5.73 Å². The van der Waals surface area contributed by atoms with Gasteiger partial charge in [-0.15, -0.1) is 11.3 Å². The lowest BCUT2D eigenvalue weighted by molar-refractivity contribution is -0.00844. The van der Waals surface area contributed by atoms with Gasteiger partial charge in [0.2, 0.25) is 0 Å². The van der Waals surface area contributed by atoms with Gasteiger partial charge in [0.1, 0.15) is 0 Å². The average molecular weight is 278 g/mol. The Bertz CT molecular complexity index is 375. The highest BCUT2D eigenvalue weighted by molar-refractivity contribution is 7.10. The summed E-state index contributed by atoms with van der Waals surface area (Å²) in [5.41, 5.74) is 6.26. The van der Waals surface area contributed by atoms with E-state index in [0.29, 0.717) is 12.1 Å². The SMILES string of the molecule is CCCC(c1cccs1)N1C2CCCC1CC(N)C2. The van der Waals surface area contributed by atoms with E-state index in [1.807, 2.05) is 11.3 Å². The molecule has 2 saturated heterocycles. The number of nitrogens with two attached hydrogens (primary N) is 1. The van der Waals surface area contributed by atoms with Gasteiger partial charge in [0.05, 0.1) is 0 Å². The Kier molecular flexibility index (Phi) is 4.25. The van der Waals surface area contributed by atoms with E-state index in [9.17, 15) is 0 Å². The van der Waals surface area contributed by atoms with Crippen molar-refractivity contribution < 1.29 is 0 Å². The van der Waals surface area contributed by atoms with Crippen LogP contribution in [-0.2, 0) is 0 Å². The minimum Gasteiger partial charge on any atom is -0.328 e. The molecule has 3 atom stereocenters. The molecule has 3 unspecified atom stereocenters. The largest absolute Gasteiger partial charge is 0.328 e. The average Bonchev–Trinajstić information content (AvgIpc) is 2.89. The molecule has 2 N–H and O–H groups in total. The molecule has 1 aromatic rings. The number of nitrogens with zero attached hydrogens (tertiary/aromatic N) is 1. The Morgan fingerprint density at radius 3 is 2.68 bits per heavy atom. The summed E-state index contributed by atoms with van der Waals surface area (Å²) in [4.78, 5) is 4.41. The van der Waals surface area contributed by atoms with Gasteiger partial charge in [-0.3, -0.25) is 4.90 Å². The molecule has 0 spiro atoms. The summed E-state index contributed by atoms with van der Waals surface area (Å²) >= 11 is 1.93. The predicted molar refractivity (Wildman–Crippen MR) is 82.4 cm³/mol. The van der Waals surface area contributed by atoms with Gasteiger partial charge in [-0.25, -0.2) is 0 Å². The molecule has 0 aliphatic carbocycles. The molecule has 2 nitrogen and oxygen atoms in total. The van der Waals surface area contributed by atoms with Gasteiger partial charge in [-0.05, 0) is 43.6 Å². The van der Waals surface area contributed by atoms with E-state index in [2.05, 4.69) is 29.3 Å². The molecule has 1 aromatic heterocycles. The number of rotatable bonds is 4. The van der Waals surface area contributed by atoms with Crippen molar-refractivity contribution in [3.8, 4) is 0 Å². The van der Waals surface area contributed by atoms with Crippen LogP contribution in [0.2, 0.25) is 0 Å². The van der Waals surface area contributed by atoms with E-state index in [0.717, 1.165) is 12.1 Å². The smallest absolute Gasteiger partial charge is 0.0447 e. The normalized spacial score (nSPS) is 33.3. The number of thiophene rings is 1. The third kappa shape index (κ3) is 2.74. The van der Waals surface area contributed by atoms with Gasteiger partial charge in [0, 0.05) is 29.0 Å². The highest BCUT2D eigenvalue weighted by atomic mass is 32.1. The molecule has 2 fully saturated rings. The molecule has 0 radical (unpaired) electrons. The van der Waals surface area contributed by atoms with Crippen LogP contribution >= 0.6 is 11.3 Å². The molecule has 0 saturated carbocycles. The quantitative estimate of drug-likeness (QED) is 0.904. The Morgan fingerprint density at radius 1 is 1.37 bits per heavy atom. The third-order valence-electron chi connectivity index (χ3n) is 4.86. The number of hydrogen-bond acceptors (Lipinski definition) is 3.